The number of amides is 3. The number of nitrogens with one attached hydrogen (secondary N) is 2. The zero-order valence-corrected chi connectivity index (χ0v) is 12.9. The lowest BCUT2D eigenvalue weighted by atomic mass is 10.1. The van der Waals surface area contributed by atoms with Crippen molar-refractivity contribution < 1.29 is 29.0 Å². The van der Waals surface area contributed by atoms with Crippen molar-refractivity contribution >= 4 is 23.9 Å². The molecular weight excluding hydrogens is 318 g/mol. The Morgan fingerprint density at radius 3 is 2.42 bits per heavy atom. The van der Waals surface area contributed by atoms with Crippen molar-refractivity contribution in [1.29, 1.82) is 0 Å². The molecule has 1 aromatic carbocycles. The van der Waals surface area contributed by atoms with Gasteiger partial charge in [0.15, 0.2) is 0 Å². The quantitative estimate of drug-likeness (QED) is 0.488. The Balaban J connectivity index is 2.31. The normalized spacial score (nSPS) is 11.2. The molecule has 0 unspecified atom stereocenters. The Labute approximate surface area is 138 Å². The number of hydrogen-bond acceptors (Lipinski definition) is 5. The third kappa shape index (κ3) is 7.78. The number of nitrogens with two attached hydrogens (primary N) is 1. The fourth-order valence-corrected chi connectivity index (χ4v) is 1.73. The van der Waals surface area contributed by atoms with Gasteiger partial charge in [-0.3, -0.25) is 14.4 Å². The second-order valence-corrected chi connectivity index (χ2v) is 4.87. The number of carbonyl (C=O) groups excluding carboxylic acids is 3. The van der Waals surface area contributed by atoms with Crippen LogP contribution in [0.1, 0.15) is 18.4 Å². The highest BCUT2D eigenvalue weighted by Gasteiger charge is 2.19. The summed E-state index contributed by atoms with van der Waals surface area (Å²) in [7, 11) is 0. The van der Waals surface area contributed by atoms with Crippen LogP contribution in [0.15, 0.2) is 30.3 Å². The third-order valence-electron chi connectivity index (χ3n) is 2.93. The first-order valence-corrected chi connectivity index (χ1v) is 7.13. The summed E-state index contributed by atoms with van der Waals surface area (Å²) in [4.78, 5) is 44.7. The van der Waals surface area contributed by atoms with Crippen LogP contribution in [0.3, 0.4) is 0 Å². The zero-order chi connectivity index (χ0) is 17.9. The molecule has 0 spiro atoms. The molecule has 0 saturated carbocycles. The number of aliphatic carboxylic acids is 1. The van der Waals surface area contributed by atoms with Crippen LogP contribution in [-0.4, -0.2) is 41.6 Å². The van der Waals surface area contributed by atoms with Gasteiger partial charge < -0.3 is 26.2 Å². The Morgan fingerprint density at radius 2 is 1.83 bits per heavy atom. The average Bonchev–Trinajstić information content (AvgIpc) is 2.55. The monoisotopic (exact) mass is 337 g/mol. The van der Waals surface area contributed by atoms with Gasteiger partial charge in [0.25, 0.3) is 0 Å². The van der Waals surface area contributed by atoms with Crippen molar-refractivity contribution in [3.63, 3.8) is 0 Å². The van der Waals surface area contributed by atoms with E-state index in [0.29, 0.717) is 0 Å². The third-order valence-corrected chi connectivity index (χ3v) is 2.93. The standard InChI is InChI=1S/C15H19N3O6/c16-14(22)11(6-7-13(20)21)18-12(19)8-17-15(23)24-9-10-4-2-1-3-5-10/h1-5,11H,6-9H2,(H2,16,22)(H,17,23)(H,18,19)(H,20,21)/t11-/m1/s1. The molecule has 24 heavy (non-hydrogen) atoms. The molecule has 1 rings (SSSR count). The van der Waals surface area contributed by atoms with E-state index in [1.165, 1.54) is 0 Å². The first-order valence-electron chi connectivity index (χ1n) is 7.13. The first kappa shape index (κ1) is 18.9. The maximum absolute atomic E-state index is 11.6. The molecule has 0 aliphatic rings. The van der Waals surface area contributed by atoms with E-state index in [4.69, 9.17) is 15.6 Å². The lowest BCUT2D eigenvalue weighted by molar-refractivity contribution is -0.137. The summed E-state index contributed by atoms with van der Waals surface area (Å²) >= 11 is 0. The molecule has 3 amide bonds. The van der Waals surface area contributed by atoms with Crippen LogP contribution in [0.4, 0.5) is 4.79 Å². The molecule has 0 heterocycles. The van der Waals surface area contributed by atoms with Crippen molar-refractivity contribution in [2.75, 3.05) is 6.54 Å². The highest BCUT2D eigenvalue weighted by Crippen LogP contribution is 2.00. The zero-order valence-electron chi connectivity index (χ0n) is 12.9. The van der Waals surface area contributed by atoms with Gasteiger partial charge in [0, 0.05) is 6.42 Å². The Hall–Kier alpha value is -3.10. The molecule has 130 valence electrons. The molecule has 0 aliphatic carbocycles. The van der Waals surface area contributed by atoms with Crippen molar-refractivity contribution in [2.24, 2.45) is 5.73 Å². The van der Waals surface area contributed by atoms with Gasteiger partial charge in [0.05, 0.1) is 0 Å². The Kier molecular flexibility index (Phi) is 7.76. The molecular formula is C15H19N3O6. The fourth-order valence-electron chi connectivity index (χ4n) is 1.73. The number of carboxylic acid groups (broad SMARTS) is 1. The van der Waals surface area contributed by atoms with Gasteiger partial charge in [-0.2, -0.15) is 0 Å². The van der Waals surface area contributed by atoms with Gasteiger partial charge in [-0.05, 0) is 12.0 Å². The number of rotatable bonds is 9. The van der Waals surface area contributed by atoms with Crippen molar-refractivity contribution in [3.05, 3.63) is 35.9 Å². The van der Waals surface area contributed by atoms with Gasteiger partial charge in [0.2, 0.25) is 11.8 Å². The van der Waals surface area contributed by atoms with E-state index in [1.807, 2.05) is 6.07 Å². The summed E-state index contributed by atoms with van der Waals surface area (Å²) in [6, 6.07) is 7.86. The van der Waals surface area contributed by atoms with E-state index < -0.39 is 36.5 Å². The van der Waals surface area contributed by atoms with Crippen LogP contribution in [0.5, 0.6) is 0 Å². The second kappa shape index (κ2) is 9.82. The van der Waals surface area contributed by atoms with Crippen molar-refractivity contribution in [1.82, 2.24) is 10.6 Å². The summed E-state index contributed by atoms with van der Waals surface area (Å²) in [5.41, 5.74) is 5.87. The highest BCUT2D eigenvalue weighted by molar-refractivity contribution is 5.88. The summed E-state index contributed by atoms with van der Waals surface area (Å²) in [6.07, 6.45) is -1.25. The predicted octanol–water partition coefficient (Wildman–Crippen LogP) is -0.252. The average molecular weight is 337 g/mol. The fraction of sp³-hybridized carbons (Fsp3) is 0.333. The molecule has 1 atom stereocenters. The minimum absolute atomic E-state index is 0.0524. The second-order valence-electron chi connectivity index (χ2n) is 4.87. The summed E-state index contributed by atoms with van der Waals surface area (Å²) in [5.74, 6) is -2.64. The Morgan fingerprint density at radius 1 is 1.17 bits per heavy atom. The number of ether oxygens (including phenoxy) is 1. The molecule has 9 heteroatoms. The molecule has 0 radical (unpaired) electrons. The van der Waals surface area contributed by atoms with E-state index in [1.54, 1.807) is 24.3 Å². The van der Waals surface area contributed by atoms with Crippen LogP contribution >= 0.6 is 0 Å². The van der Waals surface area contributed by atoms with Crippen LogP contribution in [0, 0.1) is 0 Å². The van der Waals surface area contributed by atoms with Crippen LogP contribution < -0.4 is 16.4 Å². The minimum atomic E-state index is -1.12. The van der Waals surface area contributed by atoms with E-state index in [9.17, 15) is 19.2 Å². The molecule has 5 N–H and O–H groups in total. The van der Waals surface area contributed by atoms with Crippen LogP contribution in [0.2, 0.25) is 0 Å². The van der Waals surface area contributed by atoms with E-state index in [2.05, 4.69) is 10.6 Å². The topological polar surface area (TPSA) is 148 Å². The number of alkyl carbamates (subject to hydrolysis) is 1. The van der Waals surface area contributed by atoms with E-state index in [-0.39, 0.29) is 19.4 Å². The SMILES string of the molecule is NC(=O)[C@@H](CCC(=O)O)NC(=O)CNC(=O)OCc1ccccc1. The molecule has 0 bridgehead atoms. The van der Waals surface area contributed by atoms with E-state index in [0.717, 1.165) is 5.56 Å². The summed E-state index contributed by atoms with van der Waals surface area (Å²) < 4.78 is 4.91. The Bertz CT molecular complexity index is 590. The smallest absolute Gasteiger partial charge is 0.407 e. The minimum Gasteiger partial charge on any atom is -0.481 e. The number of benzene rings is 1. The lowest BCUT2D eigenvalue weighted by Crippen LogP contribution is -2.48. The maximum Gasteiger partial charge on any atom is 0.407 e. The van der Waals surface area contributed by atoms with Gasteiger partial charge in [-0.15, -0.1) is 0 Å². The highest BCUT2D eigenvalue weighted by atomic mass is 16.5. The van der Waals surface area contributed by atoms with Crippen molar-refractivity contribution in [2.45, 2.75) is 25.5 Å². The first-order chi connectivity index (χ1) is 11.4. The predicted molar refractivity (Wildman–Crippen MR) is 82.6 cm³/mol. The molecule has 1 aromatic rings. The number of primary amides is 1. The largest absolute Gasteiger partial charge is 0.481 e. The molecule has 0 saturated heterocycles. The maximum atomic E-state index is 11.6. The number of carbonyl (C=O) groups is 4. The van der Waals surface area contributed by atoms with Crippen LogP contribution in [0.25, 0.3) is 0 Å². The molecule has 9 nitrogen and oxygen atoms in total. The van der Waals surface area contributed by atoms with Crippen LogP contribution in [-0.2, 0) is 25.7 Å². The molecule has 0 aromatic heterocycles. The van der Waals surface area contributed by atoms with Crippen molar-refractivity contribution in [3.8, 4) is 0 Å². The summed E-state index contributed by atoms with van der Waals surface area (Å²) in [6.45, 7) is -0.374. The van der Waals surface area contributed by atoms with Gasteiger partial charge in [-0.1, -0.05) is 30.3 Å². The molecule has 0 aliphatic heterocycles. The van der Waals surface area contributed by atoms with E-state index >= 15 is 0 Å². The summed E-state index contributed by atoms with van der Waals surface area (Å²) in [5, 5.41) is 13.0. The lowest BCUT2D eigenvalue weighted by Gasteiger charge is -2.14. The van der Waals surface area contributed by atoms with Gasteiger partial charge in [-0.25, -0.2) is 4.79 Å². The van der Waals surface area contributed by atoms with Gasteiger partial charge >= 0.3 is 12.1 Å². The molecule has 0 fully saturated rings. The van der Waals surface area contributed by atoms with Gasteiger partial charge in [0.1, 0.15) is 19.2 Å². The number of hydrogen-bond donors (Lipinski definition) is 4. The number of carboxylic acids is 1.